The van der Waals surface area contributed by atoms with E-state index in [0.29, 0.717) is 31.1 Å². The summed E-state index contributed by atoms with van der Waals surface area (Å²) >= 11 is 1.22. The highest BCUT2D eigenvalue weighted by molar-refractivity contribution is 7.12. The molecule has 0 bridgehead atoms. The van der Waals surface area contributed by atoms with Crippen LogP contribution >= 0.6 is 11.3 Å². The number of hydrogen-bond acceptors (Lipinski definition) is 5. The number of nitrogens with zero attached hydrogens (tertiary/aromatic N) is 2. The number of anilines is 1. The van der Waals surface area contributed by atoms with E-state index in [9.17, 15) is 9.59 Å². The van der Waals surface area contributed by atoms with E-state index in [0.717, 1.165) is 5.69 Å². The van der Waals surface area contributed by atoms with Crippen LogP contribution in [0.1, 0.15) is 30.4 Å². The predicted octanol–water partition coefficient (Wildman–Crippen LogP) is 2.50. The summed E-state index contributed by atoms with van der Waals surface area (Å²) in [5.74, 6) is -0.908. The van der Waals surface area contributed by atoms with E-state index in [1.54, 1.807) is 10.3 Å². The van der Waals surface area contributed by atoms with Gasteiger partial charge in [-0.25, -0.2) is 9.59 Å². The first-order valence-corrected chi connectivity index (χ1v) is 7.69. The molecule has 6 nitrogen and oxygen atoms in total. The third-order valence-corrected chi connectivity index (χ3v) is 4.00. The first-order valence-electron chi connectivity index (χ1n) is 6.81. The van der Waals surface area contributed by atoms with Crippen molar-refractivity contribution >= 4 is 29.1 Å². The van der Waals surface area contributed by atoms with E-state index < -0.39 is 11.6 Å². The van der Waals surface area contributed by atoms with E-state index in [2.05, 4.69) is 0 Å². The molecule has 1 aliphatic rings. The Bertz CT molecular complexity index is 527. The minimum absolute atomic E-state index is 0.314. The molecule has 0 aromatic carbocycles. The standard InChI is InChI=1S/C14H20N2O4S/c1-14(2,3)20-13(19)16-7-5-15(6-8-16)10-4-9-21-11(10)12(17)18/h4,9H,5-8H2,1-3H3,(H,17,18). The molecule has 1 fully saturated rings. The molecule has 0 spiro atoms. The number of carboxylic acids is 1. The van der Waals surface area contributed by atoms with Gasteiger partial charge in [0.1, 0.15) is 10.5 Å². The summed E-state index contributed by atoms with van der Waals surface area (Å²) in [5, 5.41) is 10.9. The fourth-order valence-corrected chi connectivity index (χ4v) is 2.92. The number of amides is 1. The molecule has 116 valence electrons. The fraction of sp³-hybridized carbons (Fsp3) is 0.571. The van der Waals surface area contributed by atoms with Gasteiger partial charge in [0.25, 0.3) is 0 Å². The molecule has 1 aliphatic heterocycles. The highest BCUT2D eigenvalue weighted by Crippen LogP contribution is 2.27. The summed E-state index contributed by atoms with van der Waals surface area (Å²) in [6.07, 6.45) is -0.314. The van der Waals surface area contributed by atoms with Gasteiger partial charge < -0.3 is 19.6 Å². The largest absolute Gasteiger partial charge is 0.477 e. The molecule has 0 saturated carbocycles. The minimum Gasteiger partial charge on any atom is -0.477 e. The first-order chi connectivity index (χ1) is 9.78. The van der Waals surface area contributed by atoms with Crippen molar-refractivity contribution in [2.75, 3.05) is 31.1 Å². The zero-order chi connectivity index (χ0) is 15.6. The summed E-state index contributed by atoms with van der Waals surface area (Å²) in [6, 6.07) is 1.82. The quantitative estimate of drug-likeness (QED) is 0.908. The summed E-state index contributed by atoms with van der Waals surface area (Å²) in [5.41, 5.74) is 0.231. The summed E-state index contributed by atoms with van der Waals surface area (Å²) in [4.78, 5) is 27.1. The van der Waals surface area contributed by atoms with Crippen molar-refractivity contribution in [2.24, 2.45) is 0 Å². The Morgan fingerprint density at radius 1 is 1.24 bits per heavy atom. The van der Waals surface area contributed by atoms with Gasteiger partial charge in [-0.3, -0.25) is 0 Å². The van der Waals surface area contributed by atoms with Gasteiger partial charge in [-0.2, -0.15) is 0 Å². The lowest BCUT2D eigenvalue weighted by atomic mass is 10.2. The average molecular weight is 312 g/mol. The number of carbonyl (C=O) groups is 2. The van der Waals surface area contributed by atoms with E-state index in [1.165, 1.54) is 11.3 Å². The van der Waals surface area contributed by atoms with E-state index >= 15 is 0 Å². The molecule has 2 heterocycles. The lowest BCUT2D eigenvalue weighted by Gasteiger charge is -2.36. The van der Waals surface area contributed by atoms with Gasteiger partial charge in [-0.05, 0) is 32.2 Å². The summed E-state index contributed by atoms with van der Waals surface area (Å²) < 4.78 is 5.34. The Hall–Kier alpha value is -1.76. The molecule has 1 amide bonds. The van der Waals surface area contributed by atoms with Crippen molar-refractivity contribution in [1.29, 1.82) is 0 Å². The van der Waals surface area contributed by atoms with Crippen LogP contribution in [0, 0.1) is 0 Å². The van der Waals surface area contributed by atoms with Crippen LogP contribution in [0.15, 0.2) is 11.4 Å². The van der Waals surface area contributed by atoms with Crippen LogP contribution in [0.4, 0.5) is 10.5 Å². The summed E-state index contributed by atoms with van der Waals surface area (Å²) in [7, 11) is 0. The Labute approximate surface area is 127 Å². The number of ether oxygens (including phenoxy) is 1. The van der Waals surface area contributed by atoms with Gasteiger partial charge in [0.2, 0.25) is 0 Å². The molecule has 2 rings (SSSR count). The third kappa shape index (κ3) is 3.87. The van der Waals surface area contributed by atoms with Crippen LogP contribution in [0.2, 0.25) is 0 Å². The number of rotatable bonds is 2. The van der Waals surface area contributed by atoms with Gasteiger partial charge in [0.05, 0.1) is 5.69 Å². The number of thiophene rings is 1. The SMILES string of the molecule is CC(C)(C)OC(=O)N1CCN(c2ccsc2C(=O)O)CC1. The lowest BCUT2D eigenvalue weighted by molar-refractivity contribution is 0.0240. The number of carbonyl (C=O) groups excluding carboxylic acids is 1. The maximum absolute atomic E-state index is 12.0. The molecule has 1 aromatic heterocycles. The molecule has 0 unspecified atom stereocenters. The maximum atomic E-state index is 12.0. The molecule has 1 saturated heterocycles. The number of piperazine rings is 1. The second kappa shape index (κ2) is 5.93. The predicted molar refractivity (Wildman–Crippen MR) is 81.3 cm³/mol. The molecular formula is C14H20N2O4S. The Balaban J connectivity index is 1.96. The van der Waals surface area contributed by atoms with Crippen LogP contribution in [-0.4, -0.2) is 53.8 Å². The normalized spacial score (nSPS) is 16.0. The third-order valence-electron chi connectivity index (χ3n) is 3.11. The smallest absolute Gasteiger partial charge is 0.410 e. The molecular weight excluding hydrogens is 292 g/mol. The minimum atomic E-state index is -0.908. The lowest BCUT2D eigenvalue weighted by Crippen LogP contribution is -2.50. The topological polar surface area (TPSA) is 70.1 Å². The molecule has 1 N–H and O–H groups in total. The monoisotopic (exact) mass is 312 g/mol. The second-order valence-corrected chi connectivity index (χ2v) is 6.81. The molecule has 0 radical (unpaired) electrons. The number of hydrogen-bond donors (Lipinski definition) is 1. The molecule has 1 aromatic rings. The number of carboxylic acid groups (broad SMARTS) is 1. The summed E-state index contributed by atoms with van der Waals surface area (Å²) in [6.45, 7) is 7.79. The fourth-order valence-electron chi connectivity index (χ4n) is 2.17. The van der Waals surface area contributed by atoms with Crippen molar-refractivity contribution in [3.8, 4) is 0 Å². The van der Waals surface area contributed by atoms with E-state index in [4.69, 9.17) is 9.84 Å². The highest BCUT2D eigenvalue weighted by atomic mass is 32.1. The second-order valence-electron chi connectivity index (χ2n) is 5.89. The molecule has 0 atom stereocenters. The van der Waals surface area contributed by atoms with Crippen LogP contribution in [-0.2, 0) is 4.74 Å². The Morgan fingerprint density at radius 2 is 1.86 bits per heavy atom. The average Bonchev–Trinajstić information content (AvgIpc) is 2.86. The van der Waals surface area contributed by atoms with Gasteiger partial charge in [0.15, 0.2) is 0 Å². The van der Waals surface area contributed by atoms with Gasteiger partial charge in [-0.15, -0.1) is 11.3 Å². The van der Waals surface area contributed by atoms with Crippen molar-refractivity contribution in [2.45, 2.75) is 26.4 Å². The van der Waals surface area contributed by atoms with Gasteiger partial charge in [-0.1, -0.05) is 0 Å². The van der Waals surface area contributed by atoms with E-state index in [-0.39, 0.29) is 6.09 Å². The van der Waals surface area contributed by atoms with Crippen LogP contribution < -0.4 is 4.90 Å². The molecule has 21 heavy (non-hydrogen) atoms. The van der Waals surface area contributed by atoms with Crippen LogP contribution in [0.3, 0.4) is 0 Å². The molecule has 0 aliphatic carbocycles. The highest BCUT2D eigenvalue weighted by Gasteiger charge is 2.27. The zero-order valence-corrected chi connectivity index (χ0v) is 13.3. The van der Waals surface area contributed by atoms with Gasteiger partial charge >= 0.3 is 12.1 Å². The van der Waals surface area contributed by atoms with Crippen molar-refractivity contribution in [3.63, 3.8) is 0 Å². The molecule has 7 heteroatoms. The van der Waals surface area contributed by atoms with Crippen molar-refractivity contribution < 1.29 is 19.4 Å². The Kier molecular flexibility index (Phi) is 4.41. The van der Waals surface area contributed by atoms with Crippen LogP contribution in [0.5, 0.6) is 0 Å². The zero-order valence-electron chi connectivity index (χ0n) is 12.5. The Morgan fingerprint density at radius 3 is 2.38 bits per heavy atom. The van der Waals surface area contributed by atoms with Gasteiger partial charge in [0, 0.05) is 26.2 Å². The number of aromatic carboxylic acids is 1. The van der Waals surface area contributed by atoms with Crippen LogP contribution in [0.25, 0.3) is 0 Å². The van der Waals surface area contributed by atoms with Crippen molar-refractivity contribution in [1.82, 2.24) is 4.90 Å². The van der Waals surface area contributed by atoms with E-state index in [1.807, 2.05) is 31.7 Å². The first kappa shape index (κ1) is 15.6. The van der Waals surface area contributed by atoms with Crippen molar-refractivity contribution in [3.05, 3.63) is 16.3 Å². The maximum Gasteiger partial charge on any atom is 0.410 e.